The molecule has 30 heavy (non-hydrogen) atoms. The van der Waals surface area contributed by atoms with Gasteiger partial charge in [0, 0.05) is 25.3 Å². The van der Waals surface area contributed by atoms with Gasteiger partial charge in [-0.2, -0.15) is 0 Å². The number of halogens is 1. The second-order valence-electron chi connectivity index (χ2n) is 9.30. The van der Waals surface area contributed by atoms with Gasteiger partial charge in [-0.3, -0.25) is 4.79 Å². The lowest BCUT2D eigenvalue weighted by molar-refractivity contribution is -0.123. The maximum atomic E-state index is 12.5. The average molecular weight is 444 g/mol. The summed E-state index contributed by atoms with van der Waals surface area (Å²) >= 11 is 5.73. The minimum Gasteiger partial charge on any atom is -0.444 e. The molecule has 0 heterocycles. The second-order valence-corrected chi connectivity index (χ2v) is 9.69. The molecule has 1 aliphatic carbocycles. The zero-order chi connectivity index (χ0) is 23.1. The molecule has 0 aromatic carbocycles. The summed E-state index contributed by atoms with van der Waals surface area (Å²) in [7, 11) is 3.45. The zero-order valence-electron chi connectivity index (χ0n) is 19.3. The molecular formula is C21H38ClN5O3. The van der Waals surface area contributed by atoms with E-state index in [1.807, 2.05) is 7.05 Å². The highest BCUT2D eigenvalue weighted by atomic mass is 35.5. The van der Waals surface area contributed by atoms with Crippen molar-refractivity contribution in [1.82, 2.24) is 15.5 Å². The molecule has 1 aliphatic rings. The van der Waals surface area contributed by atoms with Crippen LogP contribution < -0.4 is 16.4 Å². The number of carbonyl (C=O) groups is 2. The summed E-state index contributed by atoms with van der Waals surface area (Å²) in [5.41, 5.74) is 5.84. The number of likely N-dealkylation sites (N-methyl/N-ethyl adjacent to an activating group) is 2. The van der Waals surface area contributed by atoms with Crippen LogP contribution in [-0.4, -0.2) is 60.5 Å². The van der Waals surface area contributed by atoms with Crippen LogP contribution in [0.2, 0.25) is 0 Å². The summed E-state index contributed by atoms with van der Waals surface area (Å²) in [5, 5.41) is 6.32. The molecule has 9 heteroatoms. The highest BCUT2D eigenvalue weighted by molar-refractivity contribution is 6.64. The first-order valence-electron chi connectivity index (χ1n) is 10.4. The smallest absolute Gasteiger partial charge is 0.410 e. The standard InChI is InChI=1S/C21H38ClN5O3/c1-14(24-6)16(12-25-18(22)23)21(5)10-8-9-15(11-21)26-17(28)13-27(7)19(29)30-20(2,3)4/h12,14-15,24H,8-11,13H2,1-7H3,(H2,23,25)(H,26,28)/b16-12+/t14?,15-,21+/m0/s1. The largest absolute Gasteiger partial charge is 0.444 e. The van der Waals surface area contributed by atoms with Gasteiger partial charge in [-0.05, 0) is 76.6 Å². The van der Waals surface area contributed by atoms with Gasteiger partial charge in [0.2, 0.25) is 5.91 Å². The Balaban J connectivity index is 2.81. The third-order valence-corrected chi connectivity index (χ3v) is 5.45. The predicted octanol–water partition coefficient (Wildman–Crippen LogP) is 2.96. The summed E-state index contributed by atoms with van der Waals surface area (Å²) in [6.07, 6.45) is 4.83. The van der Waals surface area contributed by atoms with Gasteiger partial charge in [0.1, 0.15) is 12.1 Å². The number of nitrogens with zero attached hydrogens (tertiary/aromatic N) is 2. The Hall–Kier alpha value is -1.80. The molecule has 0 bridgehead atoms. The Morgan fingerprint density at radius 3 is 2.60 bits per heavy atom. The summed E-state index contributed by atoms with van der Waals surface area (Å²) < 4.78 is 5.30. The normalized spacial score (nSPS) is 24.2. The maximum Gasteiger partial charge on any atom is 0.410 e. The van der Waals surface area contributed by atoms with Gasteiger partial charge >= 0.3 is 6.09 Å². The van der Waals surface area contributed by atoms with Gasteiger partial charge in [-0.15, -0.1) is 0 Å². The first kappa shape index (κ1) is 26.2. The molecule has 172 valence electrons. The lowest BCUT2D eigenvalue weighted by atomic mass is 9.67. The average Bonchev–Trinajstić information content (AvgIpc) is 2.59. The summed E-state index contributed by atoms with van der Waals surface area (Å²) in [5.74, 6) is -0.201. The molecule has 0 spiro atoms. The number of nitrogens with two attached hydrogens (primary N) is 1. The molecule has 0 saturated heterocycles. The Morgan fingerprint density at radius 2 is 2.07 bits per heavy atom. The van der Waals surface area contributed by atoms with E-state index in [9.17, 15) is 9.59 Å². The quantitative estimate of drug-likeness (QED) is 0.318. The van der Waals surface area contributed by atoms with Crippen molar-refractivity contribution in [1.29, 1.82) is 0 Å². The molecule has 8 nitrogen and oxygen atoms in total. The molecule has 0 aliphatic heterocycles. The number of hydrogen-bond acceptors (Lipinski definition) is 5. The molecule has 0 aromatic heterocycles. The minimum atomic E-state index is -0.603. The van der Waals surface area contributed by atoms with E-state index in [4.69, 9.17) is 22.1 Å². The monoisotopic (exact) mass is 443 g/mol. The lowest BCUT2D eigenvalue weighted by Crippen LogP contribution is -2.48. The fourth-order valence-corrected chi connectivity index (χ4v) is 3.89. The Morgan fingerprint density at radius 1 is 1.43 bits per heavy atom. The first-order valence-corrected chi connectivity index (χ1v) is 10.8. The van der Waals surface area contributed by atoms with Gasteiger partial charge in [0.15, 0.2) is 5.29 Å². The molecule has 4 N–H and O–H groups in total. The molecule has 3 atom stereocenters. The van der Waals surface area contributed by atoms with Crippen LogP contribution in [0.5, 0.6) is 0 Å². The van der Waals surface area contributed by atoms with Crippen LogP contribution in [0.4, 0.5) is 4.79 Å². The number of ether oxygens (including phenoxy) is 1. The van der Waals surface area contributed by atoms with E-state index in [0.717, 1.165) is 31.3 Å². The van der Waals surface area contributed by atoms with Crippen LogP contribution in [0, 0.1) is 5.41 Å². The van der Waals surface area contributed by atoms with Gasteiger partial charge < -0.3 is 26.0 Å². The van der Waals surface area contributed by atoms with Gasteiger partial charge in [-0.25, -0.2) is 9.79 Å². The van der Waals surface area contributed by atoms with Crippen LogP contribution in [0.25, 0.3) is 0 Å². The van der Waals surface area contributed by atoms with Crippen molar-refractivity contribution >= 4 is 28.9 Å². The van der Waals surface area contributed by atoms with Crippen LogP contribution in [-0.2, 0) is 9.53 Å². The van der Waals surface area contributed by atoms with Crippen molar-refractivity contribution in [3.8, 4) is 0 Å². The third-order valence-electron chi connectivity index (χ3n) is 5.35. The van der Waals surface area contributed by atoms with E-state index in [1.165, 1.54) is 4.90 Å². The second kappa shape index (κ2) is 11.0. The fourth-order valence-electron chi connectivity index (χ4n) is 3.84. The summed E-state index contributed by atoms with van der Waals surface area (Å²) in [4.78, 5) is 30.0. The van der Waals surface area contributed by atoms with Crippen molar-refractivity contribution in [3.05, 3.63) is 11.8 Å². The zero-order valence-corrected chi connectivity index (χ0v) is 20.1. The van der Waals surface area contributed by atoms with Crippen molar-refractivity contribution in [2.75, 3.05) is 20.6 Å². The lowest BCUT2D eigenvalue weighted by Gasteiger charge is -2.42. The molecule has 0 aromatic rings. The van der Waals surface area contributed by atoms with Crippen molar-refractivity contribution in [3.63, 3.8) is 0 Å². The number of carbonyl (C=O) groups excluding carboxylic acids is 2. The predicted molar refractivity (Wildman–Crippen MR) is 121 cm³/mol. The van der Waals surface area contributed by atoms with E-state index < -0.39 is 11.7 Å². The molecule has 1 rings (SSSR count). The number of nitrogens with one attached hydrogen (secondary N) is 2. The van der Waals surface area contributed by atoms with E-state index in [1.54, 1.807) is 34.0 Å². The molecule has 1 unspecified atom stereocenters. The molecule has 1 saturated carbocycles. The number of hydrogen-bond donors (Lipinski definition) is 3. The van der Waals surface area contributed by atoms with Crippen molar-refractivity contribution < 1.29 is 14.3 Å². The SMILES string of the molecule is CNC(C)/C(=C\N=C(N)Cl)[C@]1(C)CCC[C@H](NC(=O)CN(C)C(=O)OC(C)(C)C)C1. The summed E-state index contributed by atoms with van der Waals surface area (Å²) in [6.45, 7) is 9.57. The Kier molecular flexibility index (Phi) is 9.62. The van der Waals surface area contributed by atoms with Gasteiger partial charge in [0.25, 0.3) is 0 Å². The van der Waals surface area contributed by atoms with Crippen LogP contribution in [0.3, 0.4) is 0 Å². The third kappa shape index (κ3) is 8.52. The fraction of sp³-hybridized carbons (Fsp3) is 0.762. The van der Waals surface area contributed by atoms with E-state index >= 15 is 0 Å². The number of amidine groups is 1. The van der Waals surface area contributed by atoms with Crippen LogP contribution >= 0.6 is 11.6 Å². The van der Waals surface area contributed by atoms with E-state index in [0.29, 0.717) is 0 Å². The van der Waals surface area contributed by atoms with E-state index in [2.05, 4.69) is 29.5 Å². The number of amides is 2. The highest BCUT2D eigenvalue weighted by Gasteiger charge is 2.37. The van der Waals surface area contributed by atoms with Crippen LogP contribution in [0.1, 0.15) is 60.3 Å². The first-order chi connectivity index (χ1) is 13.8. The molecule has 2 amide bonds. The topological polar surface area (TPSA) is 109 Å². The number of rotatable bonds is 7. The molecule has 0 radical (unpaired) electrons. The molecular weight excluding hydrogens is 406 g/mol. The van der Waals surface area contributed by atoms with Gasteiger partial charge in [0.05, 0.1) is 0 Å². The molecule has 1 fully saturated rings. The Labute approximate surface area is 185 Å². The minimum absolute atomic E-state index is 0.00747. The van der Waals surface area contributed by atoms with Crippen LogP contribution in [0.15, 0.2) is 16.8 Å². The Bertz CT molecular complexity index is 670. The van der Waals surface area contributed by atoms with Crippen molar-refractivity contribution in [2.24, 2.45) is 16.1 Å². The summed E-state index contributed by atoms with van der Waals surface area (Å²) in [6, 6.07) is 0.0931. The van der Waals surface area contributed by atoms with Gasteiger partial charge in [-0.1, -0.05) is 13.3 Å². The van der Waals surface area contributed by atoms with E-state index in [-0.39, 0.29) is 35.2 Å². The van der Waals surface area contributed by atoms with Crippen molar-refractivity contribution in [2.45, 2.75) is 78.0 Å². The highest BCUT2D eigenvalue weighted by Crippen LogP contribution is 2.43. The number of aliphatic imine (C=N–C) groups is 1. The maximum absolute atomic E-state index is 12.5.